The zero-order valence-corrected chi connectivity index (χ0v) is 24.9. The van der Waals surface area contributed by atoms with Gasteiger partial charge in [-0.1, -0.05) is 144 Å². The van der Waals surface area contributed by atoms with Crippen LogP contribution < -0.4 is 0 Å². The molecular formula is C33H58O3. The van der Waals surface area contributed by atoms with Crippen molar-refractivity contribution in [3.8, 4) is 5.75 Å². The SMILES string of the molecule is CCCCCCCCCCCCCCCCOC(=O)CCc1cc(C(C)(C)C)cc(C(C)(C)C)c1O. The molecule has 3 nitrogen and oxygen atoms in total. The molecule has 0 unspecified atom stereocenters. The van der Waals surface area contributed by atoms with Crippen LogP contribution in [0.1, 0.15) is 161 Å². The molecule has 36 heavy (non-hydrogen) atoms. The van der Waals surface area contributed by atoms with Crippen molar-refractivity contribution in [2.75, 3.05) is 6.61 Å². The van der Waals surface area contributed by atoms with E-state index in [2.05, 4.69) is 60.6 Å². The number of aromatic hydroxyl groups is 1. The summed E-state index contributed by atoms with van der Waals surface area (Å²) in [5.74, 6) is 0.165. The number of unbranched alkanes of at least 4 members (excludes halogenated alkanes) is 13. The van der Waals surface area contributed by atoms with E-state index in [4.69, 9.17) is 4.74 Å². The number of carbonyl (C=O) groups is 1. The van der Waals surface area contributed by atoms with E-state index < -0.39 is 0 Å². The predicted octanol–water partition coefficient (Wildman–Crippen LogP) is 9.94. The molecule has 0 aliphatic heterocycles. The van der Waals surface area contributed by atoms with E-state index in [9.17, 15) is 9.90 Å². The van der Waals surface area contributed by atoms with Crippen LogP contribution in [0.2, 0.25) is 0 Å². The van der Waals surface area contributed by atoms with E-state index in [0.29, 0.717) is 25.2 Å². The molecule has 1 N–H and O–H groups in total. The summed E-state index contributed by atoms with van der Waals surface area (Å²) in [5, 5.41) is 10.9. The second-order valence-electron chi connectivity index (χ2n) is 12.8. The summed E-state index contributed by atoms with van der Waals surface area (Å²) in [5.41, 5.74) is 2.81. The molecule has 0 saturated carbocycles. The molecule has 0 radical (unpaired) electrons. The maximum atomic E-state index is 12.3. The minimum Gasteiger partial charge on any atom is -0.507 e. The Morgan fingerprint density at radius 1 is 0.722 bits per heavy atom. The van der Waals surface area contributed by atoms with Crippen molar-refractivity contribution in [2.24, 2.45) is 0 Å². The minimum atomic E-state index is -0.164. The molecule has 0 aliphatic rings. The molecular weight excluding hydrogens is 444 g/mol. The molecule has 0 aromatic heterocycles. The predicted molar refractivity (Wildman–Crippen MR) is 155 cm³/mol. The van der Waals surface area contributed by atoms with Gasteiger partial charge in [-0.05, 0) is 40.4 Å². The minimum absolute atomic E-state index is 0.0170. The number of carbonyl (C=O) groups excluding carboxylic acids is 1. The standard InChI is InChI=1S/C33H58O3/c1-8-9-10-11-12-13-14-15-16-17-18-19-20-21-24-36-30(34)23-22-27-25-28(32(2,3)4)26-29(31(27)35)33(5,6)7/h25-26,35H,8-24H2,1-7H3. The third-order valence-corrected chi connectivity index (χ3v) is 7.22. The van der Waals surface area contributed by atoms with Gasteiger partial charge in [-0.2, -0.15) is 0 Å². The van der Waals surface area contributed by atoms with Crippen LogP contribution in [0.3, 0.4) is 0 Å². The first-order valence-electron chi connectivity index (χ1n) is 15.0. The van der Waals surface area contributed by atoms with Crippen LogP contribution >= 0.6 is 0 Å². The molecule has 1 aromatic carbocycles. The maximum absolute atomic E-state index is 12.3. The Hall–Kier alpha value is -1.51. The van der Waals surface area contributed by atoms with E-state index in [1.54, 1.807) is 0 Å². The number of aryl methyl sites for hydroxylation is 1. The lowest BCUT2D eigenvalue weighted by Gasteiger charge is -2.27. The summed E-state index contributed by atoms with van der Waals surface area (Å²) in [6, 6.07) is 4.18. The molecule has 0 fully saturated rings. The van der Waals surface area contributed by atoms with Gasteiger partial charge in [0.2, 0.25) is 0 Å². The van der Waals surface area contributed by atoms with E-state index >= 15 is 0 Å². The van der Waals surface area contributed by atoms with Gasteiger partial charge >= 0.3 is 5.97 Å². The van der Waals surface area contributed by atoms with Gasteiger partial charge in [0.05, 0.1) is 6.61 Å². The summed E-state index contributed by atoms with van der Waals surface area (Å²) in [6.07, 6.45) is 19.3. The Morgan fingerprint density at radius 3 is 1.64 bits per heavy atom. The largest absolute Gasteiger partial charge is 0.507 e. The maximum Gasteiger partial charge on any atom is 0.306 e. The lowest BCUT2D eigenvalue weighted by Crippen LogP contribution is -2.18. The summed E-state index contributed by atoms with van der Waals surface area (Å²) >= 11 is 0. The fourth-order valence-corrected chi connectivity index (χ4v) is 4.68. The zero-order valence-electron chi connectivity index (χ0n) is 24.9. The first-order chi connectivity index (χ1) is 17.0. The topological polar surface area (TPSA) is 46.5 Å². The molecule has 1 rings (SSSR count). The van der Waals surface area contributed by atoms with Crippen LogP contribution in [0.15, 0.2) is 12.1 Å². The molecule has 1 aromatic rings. The number of esters is 1. The van der Waals surface area contributed by atoms with Crippen molar-refractivity contribution in [3.63, 3.8) is 0 Å². The number of hydrogen-bond donors (Lipinski definition) is 1. The molecule has 208 valence electrons. The highest BCUT2D eigenvalue weighted by Gasteiger charge is 2.25. The van der Waals surface area contributed by atoms with E-state index in [1.165, 1.54) is 82.6 Å². The van der Waals surface area contributed by atoms with E-state index in [1.807, 2.05) is 0 Å². The van der Waals surface area contributed by atoms with Crippen molar-refractivity contribution in [3.05, 3.63) is 28.8 Å². The Bertz CT molecular complexity index is 737. The van der Waals surface area contributed by atoms with Crippen LogP contribution in [0.25, 0.3) is 0 Å². The highest BCUT2D eigenvalue weighted by molar-refractivity contribution is 5.70. The number of rotatable bonds is 18. The molecule has 0 saturated heterocycles. The van der Waals surface area contributed by atoms with Crippen LogP contribution in [-0.2, 0) is 26.8 Å². The Balaban J connectivity index is 2.21. The fraction of sp³-hybridized carbons (Fsp3) is 0.788. The first kappa shape index (κ1) is 32.5. The number of hydrogen-bond acceptors (Lipinski definition) is 3. The van der Waals surface area contributed by atoms with E-state index in [0.717, 1.165) is 24.0 Å². The van der Waals surface area contributed by atoms with Gasteiger partial charge < -0.3 is 9.84 Å². The second kappa shape index (κ2) is 17.1. The quantitative estimate of drug-likeness (QED) is 0.160. The smallest absolute Gasteiger partial charge is 0.306 e. The highest BCUT2D eigenvalue weighted by atomic mass is 16.5. The normalized spacial score (nSPS) is 12.2. The fourth-order valence-electron chi connectivity index (χ4n) is 4.68. The average Bonchev–Trinajstić information content (AvgIpc) is 2.79. The van der Waals surface area contributed by atoms with Crippen molar-refractivity contribution in [1.82, 2.24) is 0 Å². The van der Waals surface area contributed by atoms with Gasteiger partial charge in [-0.25, -0.2) is 0 Å². The van der Waals surface area contributed by atoms with Crippen molar-refractivity contribution in [2.45, 2.75) is 162 Å². The van der Waals surface area contributed by atoms with Gasteiger partial charge in [0.25, 0.3) is 0 Å². The number of benzene rings is 1. The Morgan fingerprint density at radius 2 is 1.19 bits per heavy atom. The Labute approximate surface area is 223 Å². The highest BCUT2D eigenvalue weighted by Crippen LogP contribution is 2.38. The lowest BCUT2D eigenvalue weighted by atomic mass is 9.78. The van der Waals surface area contributed by atoms with Crippen molar-refractivity contribution < 1.29 is 14.6 Å². The average molecular weight is 503 g/mol. The number of phenols is 1. The summed E-state index contributed by atoms with van der Waals surface area (Å²) < 4.78 is 5.49. The molecule has 3 heteroatoms. The molecule has 0 spiro atoms. The number of ether oxygens (including phenoxy) is 1. The second-order valence-corrected chi connectivity index (χ2v) is 12.8. The molecule has 0 atom stereocenters. The molecule has 0 bridgehead atoms. The third-order valence-electron chi connectivity index (χ3n) is 7.22. The van der Waals surface area contributed by atoms with Crippen molar-refractivity contribution >= 4 is 5.97 Å². The third kappa shape index (κ3) is 13.7. The van der Waals surface area contributed by atoms with Crippen LogP contribution in [0, 0.1) is 0 Å². The molecule has 0 aliphatic carbocycles. The van der Waals surface area contributed by atoms with E-state index in [-0.39, 0.29) is 16.8 Å². The lowest BCUT2D eigenvalue weighted by molar-refractivity contribution is -0.143. The van der Waals surface area contributed by atoms with Gasteiger partial charge in [0, 0.05) is 6.42 Å². The van der Waals surface area contributed by atoms with Gasteiger partial charge in [-0.3, -0.25) is 4.79 Å². The monoisotopic (exact) mass is 502 g/mol. The Kier molecular flexibility index (Phi) is 15.4. The summed E-state index contributed by atoms with van der Waals surface area (Å²) in [6.45, 7) is 15.7. The summed E-state index contributed by atoms with van der Waals surface area (Å²) in [7, 11) is 0. The van der Waals surface area contributed by atoms with Gasteiger partial charge in [0.1, 0.15) is 5.75 Å². The first-order valence-corrected chi connectivity index (χ1v) is 15.0. The van der Waals surface area contributed by atoms with Gasteiger partial charge in [0.15, 0.2) is 0 Å². The summed E-state index contributed by atoms with van der Waals surface area (Å²) in [4.78, 5) is 12.3. The zero-order chi connectivity index (χ0) is 27.0. The van der Waals surface area contributed by atoms with Crippen molar-refractivity contribution in [1.29, 1.82) is 0 Å². The molecule has 0 heterocycles. The van der Waals surface area contributed by atoms with Crippen LogP contribution in [0.4, 0.5) is 0 Å². The van der Waals surface area contributed by atoms with Crippen LogP contribution in [-0.4, -0.2) is 17.7 Å². The number of phenolic OH excluding ortho intramolecular Hbond substituents is 1. The van der Waals surface area contributed by atoms with Crippen LogP contribution in [0.5, 0.6) is 5.75 Å². The molecule has 0 amide bonds. The van der Waals surface area contributed by atoms with Gasteiger partial charge in [-0.15, -0.1) is 0 Å².